The topological polar surface area (TPSA) is 188 Å². The molecular formula is C46H49N7O8. The van der Waals surface area contributed by atoms with Gasteiger partial charge in [-0.1, -0.05) is 27.7 Å². The van der Waals surface area contributed by atoms with Gasteiger partial charge >= 0.3 is 11.7 Å². The number of benzene rings is 3. The SMILES string of the molecule is CCc1c2c(nc3ccc(OCCCN4CCN(c5ccc(-n6c(-c7cc(C(C)C)c(O)cc7O)n[nH]c6=O)cc5)CC4)cc13)-c1cc3c(c(=O)n1C2)COC(=O)C3(O)CC. The summed E-state index contributed by atoms with van der Waals surface area (Å²) in [5.41, 5.74) is 4.83. The molecule has 0 bridgehead atoms. The number of aromatic amines is 1. The molecule has 3 aromatic heterocycles. The number of phenolic OH excluding ortho intramolecular Hbond substituents is 2. The lowest BCUT2D eigenvalue weighted by Gasteiger charge is -2.36. The summed E-state index contributed by atoms with van der Waals surface area (Å²) in [6, 6.07) is 18.4. The van der Waals surface area contributed by atoms with Crippen LogP contribution in [0.25, 0.3) is 39.4 Å². The molecule has 3 aliphatic heterocycles. The van der Waals surface area contributed by atoms with Crippen LogP contribution in [0.1, 0.15) is 74.3 Å². The van der Waals surface area contributed by atoms with Crippen LogP contribution in [0, 0.1) is 0 Å². The first-order valence-corrected chi connectivity index (χ1v) is 21.0. The zero-order valence-corrected chi connectivity index (χ0v) is 34.7. The molecule has 1 unspecified atom stereocenters. The van der Waals surface area contributed by atoms with E-state index in [1.54, 1.807) is 23.6 Å². The molecule has 15 nitrogen and oxygen atoms in total. The van der Waals surface area contributed by atoms with Crippen LogP contribution in [0.5, 0.6) is 17.2 Å². The maximum Gasteiger partial charge on any atom is 0.348 e. The molecule has 1 fully saturated rings. The van der Waals surface area contributed by atoms with E-state index in [1.165, 1.54) is 10.6 Å². The Hall–Kier alpha value is -6.45. The Balaban J connectivity index is 0.820. The number of carbonyl (C=O) groups excluding carboxylic acids is 1. The molecule has 3 aromatic carbocycles. The molecule has 4 N–H and O–H groups in total. The number of H-pyrrole nitrogens is 1. The third kappa shape index (κ3) is 6.81. The third-order valence-electron chi connectivity index (χ3n) is 12.5. The van der Waals surface area contributed by atoms with Crippen molar-refractivity contribution in [3.8, 4) is 45.7 Å². The highest BCUT2D eigenvalue weighted by Gasteiger charge is 2.45. The van der Waals surface area contributed by atoms with Crippen molar-refractivity contribution in [1.29, 1.82) is 0 Å². The van der Waals surface area contributed by atoms with E-state index in [0.29, 0.717) is 52.5 Å². The quantitative estimate of drug-likeness (QED) is 0.0974. The summed E-state index contributed by atoms with van der Waals surface area (Å²) >= 11 is 0. The van der Waals surface area contributed by atoms with Gasteiger partial charge in [-0.2, -0.15) is 5.10 Å². The average molecular weight is 828 g/mol. The summed E-state index contributed by atoms with van der Waals surface area (Å²) in [5.74, 6) is 0.107. The fourth-order valence-electron chi connectivity index (χ4n) is 9.11. The zero-order chi connectivity index (χ0) is 42.7. The highest BCUT2D eigenvalue weighted by molar-refractivity contribution is 5.90. The van der Waals surface area contributed by atoms with Gasteiger partial charge in [-0.3, -0.25) is 9.69 Å². The van der Waals surface area contributed by atoms with Crippen LogP contribution < -0.4 is 20.9 Å². The standard InChI is InChI=1S/C46H49N7O8/c1-5-30-32-20-29(12-13-37(32)47-41-34(30)24-52-38(41)22-36-35(43(52)56)25-61-44(57)46(36,59)6-2)60-19-7-14-50-15-17-51(18-16-50)27-8-10-28(11-9-27)53-42(48-49-45(53)58)33-21-31(26(3)4)39(54)23-40(33)55/h8-13,20-23,26,54-55,59H,5-7,14-19,24-25H2,1-4H3,(H,49,58). The molecule has 0 aliphatic carbocycles. The van der Waals surface area contributed by atoms with Gasteiger partial charge in [0.15, 0.2) is 11.4 Å². The minimum Gasteiger partial charge on any atom is -0.508 e. The Morgan fingerprint density at radius 1 is 0.918 bits per heavy atom. The number of aliphatic hydroxyl groups is 1. The number of carbonyl (C=O) groups is 1. The summed E-state index contributed by atoms with van der Waals surface area (Å²) in [6.07, 6.45) is 1.67. The van der Waals surface area contributed by atoms with Gasteiger partial charge in [0, 0.05) is 61.0 Å². The van der Waals surface area contributed by atoms with Crippen LogP contribution in [-0.4, -0.2) is 89.8 Å². The van der Waals surface area contributed by atoms with E-state index in [1.807, 2.05) is 56.3 Å². The summed E-state index contributed by atoms with van der Waals surface area (Å²) in [6.45, 7) is 12.8. The number of nitrogens with one attached hydrogen (secondary N) is 1. The van der Waals surface area contributed by atoms with E-state index in [9.17, 15) is 29.7 Å². The molecule has 316 valence electrons. The van der Waals surface area contributed by atoms with Crippen molar-refractivity contribution in [3.05, 3.63) is 109 Å². The number of anilines is 1. The molecule has 6 heterocycles. The largest absolute Gasteiger partial charge is 0.508 e. The molecule has 1 atom stereocenters. The van der Waals surface area contributed by atoms with Crippen LogP contribution in [0.2, 0.25) is 0 Å². The Morgan fingerprint density at radius 2 is 1.67 bits per heavy atom. The van der Waals surface area contributed by atoms with Crippen molar-refractivity contribution in [1.82, 2.24) is 29.2 Å². The second-order valence-corrected chi connectivity index (χ2v) is 16.4. The molecule has 0 saturated carbocycles. The predicted octanol–water partition coefficient (Wildman–Crippen LogP) is 5.31. The first-order chi connectivity index (χ1) is 29.4. The number of phenols is 2. The molecular weight excluding hydrogens is 779 g/mol. The fourth-order valence-corrected chi connectivity index (χ4v) is 9.11. The smallest absolute Gasteiger partial charge is 0.348 e. The van der Waals surface area contributed by atoms with Crippen LogP contribution in [0.4, 0.5) is 5.69 Å². The number of aromatic nitrogens is 5. The van der Waals surface area contributed by atoms with E-state index in [0.717, 1.165) is 79.0 Å². The number of aromatic hydroxyl groups is 2. The Kier molecular flexibility index (Phi) is 10.2. The normalized spacial score (nSPS) is 17.4. The van der Waals surface area contributed by atoms with E-state index < -0.39 is 17.3 Å². The van der Waals surface area contributed by atoms with Crippen LogP contribution in [0.3, 0.4) is 0 Å². The summed E-state index contributed by atoms with van der Waals surface area (Å²) in [5, 5.41) is 39.9. The van der Waals surface area contributed by atoms with Crippen LogP contribution in [0.15, 0.2) is 70.3 Å². The van der Waals surface area contributed by atoms with Gasteiger partial charge in [-0.05, 0) is 90.9 Å². The van der Waals surface area contributed by atoms with E-state index in [-0.39, 0.29) is 41.8 Å². The summed E-state index contributed by atoms with van der Waals surface area (Å²) < 4.78 is 14.6. The molecule has 0 spiro atoms. The monoisotopic (exact) mass is 827 g/mol. The lowest BCUT2D eigenvalue weighted by atomic mass is 9.86. The molecule has 0 amide bonds. The van der Waals surface area contributed by atoms with Gasteiger partial charge in [0.05, 0.1) is 46.9 Å². The number of pyridine rings is 2. The number of piperazine rings is 1. The molecule has 1 saturated heterocycles. The van der Waals surface area contributed by atoms with Crippen molar-refractivity contribution in [2.24, 2.45) is 0 Å². The first-order valence-electron chi connectivity index (χ1n) is 21.0. The Bertz CT molecular complexity index is 2820. The lowest BCUT2D eigenvalue weighted by Crippen LogP contribution is -2.46. The number of aryl methyl sites for hydroxylation is 1. The second kappa shape index (κ2) is 15.5. The van der Waals surface area contributed by atoms with Crippen molar-refractivity contribution >= 4 is 22.6 Å². The van der Waals surface area contributed by atoms with Crippen molar-refractivity contribution < 1.29 is 29.6 Å². The van der Waals surface area contributed by atoms with Crippen molar-refractivity contribution in [2.45, 2.75) is 71.6 Å². The Morgan fingerprint density at radius 3 is 2.39 bits per heavy atom. The number of hydrogen-bond donors (Lipinski definition) is 4. The van der Waals surface area contributed by atoms with Gasteiger partial charge in [0.2, 0.25) is 0 Å². The highest BCUT2D eigenvalue weighted by Crippen LogP contribution is 2.41. The average Bonchev–Trinajstić information content (AvgIpc) is 3.83. The number of cyclic esters (lactones) is 1. The lowest BCUT2D eigenvalue weighted by molar-refractivity contribution is -0.172. The maximum atomic E-state index is 13.7. The van der Waals surface area contributed by atoms with Gasteiger partial charge < -0.3 is 34.3 Å². The molecule has 61 heavy (non-hydrogen) atoms. The number of esters is 1. The summed E-state index contributed by atoms with van der Waals surface area (Å²) in [4.78, 5) is 49.0. The molecule has 9 rings (SSSR count). The Labute approximate surface area is 351 Å². The van der Waals surface area contributed by atoms with Crippen molar-refractivity contribution in [3.63, 3.8) is 0 Å². The third-order valence-corrected chi connectivity index (χ3v) is 12.5. The minimum absolute atomic E-state index is 0.000187. The van der Waals surface area contributed by atoms with Crippen LogP contribution in [-0.2, 0) is 34.7 Å². The number of rotatable bonds is 11. The van der Waals surface area contributed by atoms with Gasteiger partial charge in [0.25, 0.3) is 5.56 Å². The van der Waals surface area contributed by atoms with E-state index in [2.05, 4.69) is 26.9 Å². The predicted molar refractivity (Wildman–Crippen MR) is 230 cm³/mol. The van der Waals surface area contributed by atoms with Gasteiger partial charge in [-0.15, -0.1) is 0 Å². The zero-order valence-electron chi connectivity index (χ0n) is 34.7. The number of ether oxygens (including phenoxy) is 2. The molecule has 6 aromatic rings. The second-order valence-electron chi connectivity index (χ2n) is 16.4. The summed E-state index contributed by atoms with van der Waals surface area (Å²) in [7, 11) is 0. The number of fused-ring (bicyclic) bond motifs is 5. The highest BCUT2D eigenvalue weighted by atomic mass is 16.6. The number of nitrogens with zero attached hydrogens (tertiary/aromatic N) is 6. The molecule has 3 aliphatic rings. The maximum absolute atomic E-state index is 13.7. The van der Waals surface area contributed by atoms with Gasteiger partial charge in [0.1, 0.15) is 23.9 Å². The first kappa shape index (κ1) is 40.0. The van der Waals surface area contributed by atoms with Gasteiger partial charge in [-0.25, -0.2) is 24.2 Å². The van der Waals surface area contributed by atoms with E-state index >= 15 is 0 Å². The number of hydrogen-bond acceptors (Lipinski definition) is 12. The van der Waals surface area contributed by atoms with Crippen molar-refractivity contribution in [2.75, 3.05) is 44.2 Å². The van der Waals surface area contributed by atoms with E-state index in [4.69, 9.17) is 14.5 Å². The van der Waals surface area contributed by atoms with Crippen LogP contribution >= 0.6 is 0 Å². The minimum atomic E-state index is -1.87. The molecule has 15 heteroatoms. The fraction of sp³-hybridized carbons (Fsp3) is 0.370. The molecule has 0 radical (unpaired) electrons.